The van der Waals surface area contributed by atoms with Crippen molar-refractivity contribution in [1.29, 1.82) is 0 Å². The molecule has 3 nitrogen and oxygen atoms in total. The van der Waals surface area contributed by atoms with Crippen molar-refractivity contribution in [2.45, 2.75) is 11.4 Å². The van der Waals surface area contributed by atoms with E-state index in [1.807, 2.05) is 0 Å². The highest BCUT2D eigenvalue weighted by atomic mass is 79.9. The van der Waals surface area contributed by atoms with Gasteiger partial charge in [0.2, 0.25) is 10.0 Å². The lowest BCUT2D eigenvalue weighted by atomic mass is 10.2. The van der Waals surface area contributed by atoms with Gasteiger partial charge in [-0.1, -0.05) is 24.3 Å². The standard InChI is InChI=1S/C14H13BrFNO2S/c1-17(10-11-5-4-6-12(16)9-11)20(18,19)14-8-3-2-7-13(14)15/h2-9H,10H2,1H3. The highest BCUT2D eigenvalue weighted by Crippen LogP contribution is 2.24. The zero-order chi connectivity index (χ0) is 14.8. The molecule has 0 aromatic heterocycles. The molecule has 106 valence electrons. The molecule has 2 aromatic rings. The van der Waals surface area contributed by atoms with Crippen LogP contribution in [-0.4, -0.2) is 19.8 Å². The highest BCUT2D eigenvalue weighted by molar-refractivity contribution is 9.10. The number of halogens is 2. The van der Waals surface area contributed by atoms with Gasteiger partial charge in [0, 0.05) is 18.1 Å². The molecule has 0 N–H and O–H groups in total. The van der Waals surface area contributed by atoms with E-state index in [4.69, 9.17) is 0 Å². The summed E-state index contributed by atoms with van der Waals surface area (Å²) in [6.45, 7) is 0.113. The van der Waals surface area contributed by atoms with E-state index in [-0.39, 0.29) is 17.3 Å². The fraction of sp³-hybridized carbons (Fsp3) is 0.143. The first-order chi connectivity index (χ1) is 9.41. The van der Waals surface area contributed by atoms with Crippen molar-refractivity contribution in [1.82, 2.24) is 4.31 Å². The van der Waals surface area contributed by atoms with Crippen LogP contribution in [-0.2, 0) is 16.6 Å². The van der Waals surface area contributed by atoms with Crippen molar-refractivity contribution < 1.29 is 12.8 Å². The molecule has 0 bridgehead atoms. The molecule has 2 rings (SSSR count). The molecule has 0 saturated heterocycles. The monoisotopic (exact) mass is 357 g/mol. The number of rotatable bonds is 4. The van der Waals surface area contributed by atoms with Crippen LogP contribution in [0.2, 0.25) is 0 Å². The van der Waals surface area contributed by atoms with Crippen molar-refractivity contribution in [2.75, 3.05) is 7.05 Å². The van der Waals surface area contributed by atoms with Gasteiger partial charge in [-0.2, -0.15) is 4.31 Å². The maximum Gasteiger partial charge on any atom is 0.244 e. The SMILES string of the molecule is CN(Cc1cccc(F)c1)S(=O)(=O)c1ccccc1Br. The van der Waals surface area contributed by atoms with Gasteiger partial charge < -0.3 is 0 Å². The van der Waals surface area contributed by atoms with Gasteiger partial charge in [-0.15, -0.1) is 0 Å². The minimum absolute atomic E-state index is 0.113. The first-order valence-electron chi connectivity index (χ1n) is 5.86. The summed E-state index contributed by atoms with van der Waals surface area (Å²) in [4.78, 5) is 0.193. The summed E-state index contributed by atoms with van der Waals surface area (Å²) in [7, 11) is -2.14. The van der Waals surface area contributed by atoms with Gasteiger partial charge in [-0.05, 0) is 45.8 Å². The molecule has 0 aliphatic carbocycles. The minimum atomic E-state index is -3.62. The number of hydrogen-bond donors (Lipinski definition) is 0. The van der Waals surface area contributed by atoms with Gasteiger partial charge in [0.1, 0.15) is 5.82 Å². The first-order valence-corrected chi connectivity index (χ1v) is 8.10. The Balaban J connectivity index is 2.29. The van der Waals surface area contributed by atoms with Gasteiger partial charge in [0.25, 0.3) is 0 Å². The average Bonchev–Trinajstić information content (AvgIpc) is 2.39. The third kappa shape index (κ3) is 3.26. The Labute approximate surface area is 126 Å². The van der Waals surface area contributed by atoms with Crippen LogP contribution in [0.15, 0.2) is 57.9 Å². The number of sulfonamides is 1. The maximum absolute atomic E-state index is 13.1. The molecule has 20 heavy (non-hydrogen) atoms. The molecule has 0 heterocycles. The maximum atomic E-state index is 13.1. The van der Waals surface area contributed by atoms with Crippen molar-refractivity contribution >= 4 is 26.0 Å². The molecule has 6 heteroatoms. The van der Waals surface area contributed by atoms with Crippen molar-refractivity contribution in [3.05, 3.63) is 64.4 Å². The topological polar surface area (TPSA) is 37.4 Å². The molecule has 0 saturated carbocycles. The largest absolute Gasteiger partial charge is 0.244 e. The Morgan fingerprint density at radius 3 is 2.50 bits per heavy atom. The first kappa shape index (κ1) is 15.2. The Kier molecular flexibility index (Phi) is 4.57. The quantitative estimate of drug-likeness (QED) is 0.840. The summed E-state index contributed by atoms with van der Waals surface area (Å²) < 4.78 is 39.7. The third-order valence-corrected chi connectivity index (χ3v) is 5.63. The summed E-state index contributed by atoms with van der Waals surface area (Å²) in [6, 6.07) is 12.5. The predicted molar refractivity (Wildman–Crippen MR) is 79.2 cm³/mol. The Morgan fingerprint density at radius 1 is 1.15 bits per heavy atom. The van der Waals surface area contributed by atoms with Crippen LogP contribution in [0.25, 0.3) is 0 Å². The lowest BCUT2D eigenvalue weighted by Crippen LogP contribution is -2.26. The second-order valence-electron chi connectivity index (χ2n) is 4.32. The fourth-order valence-corrected chi connectivity index (χ4v) is 3.92. The minimum Gasteiger partial charge on any atom is -0.207 e. The lowest BCUT2D eigenvalue weighted by molar-refractivity contribution is 0.465. The zero-order valence-corrected chi connectivity index (χ0v) is 13.2. The summed E-state index contributed by atoms with van der Waals surface area (Å²) >= 11 is 3.23. The molecule has 0 unspecified atom stereocenters. The molecule has 0 fully saturated rings. The third-order valence-electron chi connectivity index (χ3n) is 2.82. The Bertz CT molecular complexity index is 719. The van der Waals surface area contributed by atoms with E-state index in [1.54, 1.807) is 30.3 Å². The molecular weight excluding hydrogens is 345 g/mol. The summed E-state index contributed by atoms with van der Waals surface area (Å²) in [6.07, 6.45) is 0. The van der Waals surface area contributed by atoms with Gasteiger partial charge in [0.15, 0.2) is 0 Å². The van der Waals surface area contributed by atoms with E-state index in [2.05, 4.69) is 15.9 Å². The van der Waals surface area contributed by atoms with Gasteiger partial charge in [-0.25, -0.2) is 12.8 Å². The van der Waals surface area contributed by atoms with E-state index in [0.29, 0.717) is 10.0 Å². The van der Waals surface area contributed by atoms with Crippen LogP contribution in [0.4, 0.5) is 4.39 Å². The van der Waals surface area contributed by atoms with Crippen LogP contribution in [0.3, 0.4) is 0 Å². The molecule has 0 aliphatic heterocycles. The second-order valence-corrected chi connectivity index (χ2v) is 7.19. The van der Waals surface area contributed by atoms with Crippen molar-refractivity contribution in [2.24, 2.45) is 0 Å². The van der Waals surface area contributed by atoms with Crippen LogP contribution in [0.5, 0.6) is 0 Å². The molecule has 0 atom stereocenters. The van der Waals surface area contributed by atoms with Crippen molar-refractivity contribution in [3.63, 3.8) is 0 Å². The molecule has 0 spiro atoms. The van der Waals surface area contributed by atoms with Crippen molar-refractivity contribution in [3.8, 4) is 0 Å². The van der Waals surface area contributed by atoms with E-state index < -0.39 is 10.0 Å². The smallest absolute Gasteiger partial charge is 0.207 e. The van der Waals surface area contributed by atoms with E-state index in [0.717, 1.165) is 0 Å². The normalized spacial score (nSPS) is 11.8. The zero-order valence-electron chi connectivity index (χ0n) is 10.8. The van der Waals surface area contributed by atoms with Crippen LogP contribution >= 0.6 is 15.9 Å². The molecular formula is C14H13BrFNO2S. The van der Waals surface area contributed by atoms with Crippen LogP contribution < -0.4 is 0 Å². The van der Waals surface area contributed by atoms with E-state index in [1.165, 1.54) is 29.6 Å². The Morgan fingerprint density at radius 2 is 1.85 bits per heavy atom. The Hall–Kier alpha value is -1.24. The molecule has 0 aliphatic rings. The molecule has 2 aromatic carbocycles. The summed E-state index contributed by atoms with van der Waals surface area (Å²) in [5, 5.41) is 0. The number of benzene rings is 2. The molecule has 0 radical (unpaired) electrons. The number of nitrogens with zero attached hydrogens (tertiary/aromatic N) is 1. The van der Waals surface area contributed by atoms with E-state index in [9.17, 15) is 12.8 Å². The van der Waals surface area contributed by atoms with Gasteiger partial charge in [-0.3, -0.25) is 0 Å². The fourth-order valence-electron chi connectivity index (χ4n) is 1.80. The number of hydrogen-bond acceptors (Lipinski definition) is 2. The van der Waals surface area contributed by atoms with E-state index >= 15 is 0 Å². The second kappa shape index (κ2) is 6.03. The molecule has 0 amide bonds. The lowest BCUT2D eigenvalue weighted by Gasteiger charge is -2.18. The van der Waals surface area contributed by atoms with Gasteiger partial charge in [0.05, 0.1) is 4.90 Å². The predicted octanol–water partition coefficient (Wildman–Crippen LogP) is 3.41. The van der Waals surface area contributed by atoms with Gasteiger partial charge >= 0.3 is 0 Å². The summed E-state index contributed by atoms with van der Waals surface area (Å²) in [5.74, 6) is -0.380. The summed E-state index contributed by atoms with van der Waals surface area (Å²) in [5.41, 5.74) is 0.600. The average molecular weight is 358 g/mol. The van der Waals surface area contributed by atoms with Crippen LogP contribution in [0.1, 0.15) is 5.56 Å². The highest BCUT2D eigenvalue weighted by Gasteiger charge is 2.23. The van der Waals surface area contributed by atoms with Crippen LogP contribution in [0, 0.1) is 5.82 Å².